The normalized spacial score (nSPS) is 17.3. The van der Waals surface area contributed by atoms with Gasteiger partial charge >= 0.3 is 0 Å². The summed E-state index contributed by atoms with van der Waals surface area (Å²) in [6, 6.07) is 17.5. The number of ketones is 1. The van der Waals surface area contributed by atoms with E-state index in [1.165, 1.54) is 17.0 Å². The van der Waals surface area contributed by atoms with Gasteiger partial charge in [-0.15, -0.1) is 0 Å². The minimum atomic E-state index is -0.943. The third-order valence-electron chi connectivity index (χ3n) is 5.77. The zero-order valence-electron chi connectivity index (χ0n) is 18.8. The van der Waals surface area contributed by atoms with E-state index in [1.54, 1.807) is 42.5 Å². The number of phenols is 1. The number of carbonyl (C=O) groups is 2. The van der Waals surface area contributed by atoms with Crippen LogP contribution in [0.5, 0.6) is 11.5 Å². The molecule has 1 aliphatic rings. The van der Waals surface area contributed by atoms with E-state index in [4.69, 9.17) is 16.3 Å². The molecule has 0 spiro atoms. The maximum Gasteiger partial charge on any atom is 0.300 e. The van der Waals surface area contributed by atoms with Crippen LogP contribution in [0.2, 0.25) is 5.02 Å². The van der Waals surface area contributed by atoms with Gasteiger partial charge in [0.25, 0.3) is 11.7 Å². The van der Waals surface area contributed by atoms with Gasteiger partial charge in [-0.2, -0.15) is 0 Å². The Balaban J connectivity index is 1.92. The molecule has 0 aromatic heterocycles. The lowest BCUT2D eigenvalue weighted by Gasteiger charge is -2.26. The molecule has 1 unspecified atom stereocenters. The van der Waals surface area contributed by atoms with Crippen molar-refractivity contribution in [2.75, 3.05) is 11.5 Å². The van der Waals surface area contributed by atoms with Crippen molar-refractivity contribution in [1.82, 2.24) is 0 Å². The number of carbonyl (C=O) groups excluding carboxylic acids is 2. The van der Waals surface area contributed by atoms with Gasteiger partial charge in [0, 0.05) is 11.3 Å². The van der Waals surface area contributed by atoms with Gasteiger partial charge in [0.15, 0.2) is 0 Å². The molecular formula is C27H24ClNO5. The Labute approximate surface area is 202 Å². The number of rotatable bonds is 6. The van der Waals surface area contributed by atoms with Gasteiger partial charge in [-0.05, 0) is 60.9 Å². The van der Waals surface area contributed by atoms with Gasteiger partial charge in [-0.25, -0.2) is 0 Å². The van der Waals surface area contributed by atoms with E-state index in [2.05, 4.69) is 0 Å². The van der Waals surface area contributed by atoms with E-state index in [-0.39, 0.29) is 22.1 Å². The lowest BCUT2D eigenvalue weighted by Crippen LogP contribution is -2.29. The van der Waals surface area contributed by atoms with Crippen molar-refractivity contribution in [1.29, 1.82) is 0 Å². The van der Waals surface area contributed by atoms with E-state index < -0.39 is 17.7 Å². The number of aryl methyl sites for hydroxylation is 1. The van der Waals surface area contributed by atoms with Crippen molar-refractivity contribution in [3.05, 3.63) is 94.0 Å². The first-order valence-corrected chi connectivity index (χ1v) is 11.3. The van der Waals surface area contributed by atoms with Crippen LogP contribution in [0.4, 0.5) is 5.69 Å². The Kier molecular flexibility index (Phi) is 6.61. The first-order chi connectivity index (χ1) is 16.3. The fourth-order valence-electron chi connectivity index (χ4n) is 4.06. The third kappa shape index (κ3) is 4.24. The molecule has 3 aromatic rings. The largest absolute Gasteiger partial charge is 0.507 e. The highest BCUT2D eigenvalue weighted by atomic mass is 35.5. The standard InChI is InChI=1S/C27H24ClNO5/c1-3-16-8-11-19(12-9-16)29-24(17-10-13-22(30)21(28)15-17)23(26(32)27(29)33)25(31)18-6-5-7-20(14-18)34-4-2/h5-15,24,30-31H,3-4H2,1-2H3/b25-23-. The summed E-state index contributed by atoms with van der Waals surface area (Å²) in [4.78, 5) is 27.8. The zero-order chi connectivity index (χ0) is 24.4. The Morgan fingerprint density at radius 3 is 2.41 bits per heavy atom. The number of aromatic hydroxyl groups is 1. The van der Waals surface area contributed by atoms with E-state index >= 15 is 0 Å². The predicted octanol–water partition coefficient (Wildman–Crippen LogP) is 5.63. The molecule has 3 aromatic carbocycles. The molecule has 1 heterocycles. The number of halogens is 1. The third-order valence-corrected chi connectivity index (χ3v) is 6.08. The Morgan fingerprint density at radius 1 is 1.03 bits per heavy atom. The van der Waals surface area contributed by atoms with Crippen molar-refractivity contribution in [2.24, 2.45) is 0 Å². The molecule has 34 heavy (non-hydrogen) atoms. The molecule has 0 aliphatic carbocycles. The minimum absolute atomic E-state index is 0.0695. The van der Waals surface area contributed by atoms with Crippen LogP contribution in [-0.4, -0.2) is 28.5 Å². The van der Waals surface area contributed by atoms with Crippen molar-refractivity contribution < 1.29 is 24.5 Å². The van der Waals surface area contributed by atoms with E-state index in [0.717, 1.165) is 12.0 Å². The van der Waals surface area contributed by atoms with Gasteiger partial charge in [-0.1, -0.05) is 48.9 Å². The van der Waals surface area contributed by atoms with E-state index in [9.17, 15) is 19.8 Å². The van der Waals surface area contributed by atoms with Crippen LogP contribution in [0.1, 0.15) is 36.6 Å². The summed E-state index contributed by atoms with van der Waals surface area (Å²) in [6.45, 7) is 4.31. The average Bonchev–Trinajstić information content (AvgIpc) is 3.11. The highest BCUT2D eigenvalue weighted by Gasteiger charge is 2.47. The summed E-state index contributed by atoms with van der Waals surface area (Å²) in [7, 11) is 0. The SMILES string of the molecule is CCOc1cccc(/C(O)=C2/C(=O)C(=O)N(c3ccc(CC)cc3)C2c2ccc(O)c(Cl)c2)c1. The lowest BCUT2D eigenvalue weighted by atomic mass is 9.95. The van der Waals surface area contributed by atoms with Gasteiger partial charge in [-0.3, -0.25) is 14.5 Å². The monoisotopic (exact) mass is 477 g/mol. The fourth-order valence-corrected chi connectivity index (χ4v) is 4.24. The summed E-state index contributed by atoms with van der Waals surface area (Å²) >= 11 is 6.16. The van der Waals surface area contributed by atoms with Crippen LogP contribution in [0.25, 0.3) is 5.76 Å². The summed E-state index contributed by atoms with van der Waals surface area (Å²) in [5.74, 6) is -1.49. The fraction of sp³-hybridized carbons (Fsp3) is 0.185. The van der Waals surface area contributed by atoms with Gasteiger partial charge < -0.3 is 14.9 Å². The van der Waals surface area contributed by atoms with E-state index in [0.29, 0.717) is 29.2 Å². The van der Waals surface area contributed by atoms with Crippen LogP contribution >= 0.6 is 11.6 Å². The highest BCUT2D eigenvalue weighted by Crippen LogP contribution is 2.43. The second-order valence-electron chi connectivity index (χ2n) is 7.86. The van der Waals surface area contributed by atoms with Crippen LogP contribution in [0, 0.1) is 0 Å². The molecular weight excluding hydrogens is 454 g/mol. The molecule has 1 fully saturated rings. The Hall–Kier alpha value is -3.77. The maximum atomic E-state index is 13.3. The number of hydrogen-bond donors (Lipinski definition) is 2. The van der Waals surface area contributed by atoms with Crippen LogP contribution in [0.3, 0.4) is 0 Å². The van der Waals surface area contributed by atoms with Crippen LogP contribution in [0.15, 0.2) is 72.3 Å². The number of benzene rings is 3. The Bertz CT molecular complexity index is 1280. The molecule has 7 heteroatoms. The number of aliphatic hydroxyl groups is 1. The number of hydrogen-bond acceptors (Lipinski definition) is 5. The molecule has 1 aliphatic heterocycles. The molecule has 174 valence electrons. The van der Waals surface area contributed by atoms with Crippen molar-refractivity contribution in [3.63, 3.8) is 0 Å². The summed E-state index contributed by atoms with van der Waals surface area (Å²) in [5, 5.41) is 21.2. The predicted molar refractivity (Wildman–Crippen MR) is 131 cm³/mol. The van der Waals surface area contributed by atoms with Crippen LogP contribution in [-0.2, 0) is 16.0 Å². The highest BCUT2D eigenvalue weighted by molar-refractivity contribution is 6.51. The smallest absolute Gasteiger partial charge is 0.300 e. The van der Waals surface area contributed by atoms with E-state index in [1.807, 2.05) is 26.0 Å². The summed E-state index contributed by atoms with van der Waals surface area (Å²) < 4.78 is 5.52. The topological polar surface area (TPSA) is 87.1 Å². The molecule has 1 amide bonds. The van der Waals surface area contributed by atoms with Crippen molar-refractivity contribution in [3.8, 4) is 11.5 Å². The first-order valence-electron chi connectivity index (χ1n) is 11.0. The number of Topliss-reactive ketones (excluding diaryl/α,β-unsaturated/α-hetero) is 1. The summed E-state index contributed by atoms with van der Waals surface area (Å²) in [5.41, 5.74) is 2.34. The number of nitrogens with zero attached hydrogens (tertiary/aromatic N) is 1. The summed E-state index contributed by atoms with van der Waals surface area (Å²) in [6.07, 6.45) is 0.826. The second kappa shape index (κ2) is 9.61. The molecule has 6 nitrogen and oxygen atoms in total. The van der Waals surface area contributed by atoms with Crippen molar-refractivity contribution in [2.45, 2.75) is 26.3 Å². The molecule has 1 atom stereocenters. The second-order valence-corrected chi connectivity index (χ2v) is 8.27. The zero-order valence-corrected chi connectivity index (χ0v) is 19.5. The van der Waals surface area contributed by atoms with Gasteiger partial charge in [0.1, 0.15) is 17.3 Å². The molecule has 0 saturated carbocycles. The van der Waals surface area contributed by atoms with Crippen molar-refractivity contribution >= 4 is 34.7 Å². The molecule has 1 saturated heterocycles. The minimum Gasteiger partial charge on any atom is -0.507 e. The van der Waals surface area contributed by atoms with Crippen LogP contribution < -0.4 is 9.64 Å². The first kappa shape index (κ1) is 23.4. The molecule has 0 bridgehead atoms. The number of aliphatic hydroxyl groups excluding tert-OH is 1. The quantitative estimate of drug-likeness (QED) is 0.273. The molecule has 2 N–H and O–H groups in total. The maximum absolute atomic E-state index is 13.3. The average molecular weight is 478 g/mol. The molecule has 4 rings (SSSR count). The van der Waals surface area contributed by atoms with Gasteiger partial charge in [0.2, 0.25) is 0 Å². The van der Waals surface area contributed by atoms with Gasteiger partial charge in [0.05, 0.1) is 23.2 Å². The lowest BCUT2D eigenvalue weighted by molar-refractivity contribution is -0.132. The number of phenolic OH excluding ortho intramolecular Hbond substituents is 1. The molecule has 0 radical (unpaired) electrons. The Morgan fingerprint density at radius 2 is 1.76 bits per heavy atom. The number of anilines is 1. The number of amides is 1. The number of ether oxygens (including phenoxy) is 1.